The van der Waals surface area contributed by atoms with Gasteiger partial charge in [-0.15, -0.1) is 0 Å². The number of hydrogen-bond acceptors (Lipinski definition) is 4. The zero-order chi connectivity index (χ0) is 16.0. The average Bonchev–Trinajstić information content (AvgIpc) is 2.44. The number of nitrogens with one attached hydrogen (secondary N) is 1. The molecule has 21 heavy (non-hydrogen) atoms. The first-order valence-electron chi connectivity index (χ1n) is 6.64. The Hall–Kier alpha value is -1.89. The molecule has 0 aliphatic heterocycles. The zero-order valence-electron chi connectivity index (χ0n) is 12.0. The summed E-state index contributed by atoms with van der Waals surface area (Å²) in [5.41, 5.74) is 0.530. The summed E-state index contributed by atoms with van der Waals surface area (Å²) >= 11 is 0. The first kappa shape index (κ1) is 17.2. The van der Waals surface area contributed by atoms with Crippen LogP contribution < -0.4 is 5.32 Å². The Bertz CT molecular complexity index is 624. The lowest BCUT2D eigenvalue weighted by atomic mass is 10.1. The summed E-state index contributed by atoms with van der Waals surface area (Å²) in [6.07, 6.45) is 0.224. The normalized spacial score (nSPS) is 12.7. The quantitative estimate of drug-likeness (QED) is 0.782. The van der Waals surface area contributed by atoms with Crippen molar-refractivity contribution in [3.8, 4) is 0 Å². The van der Waals surface area contributed by atoms with E-state index in [1.54, 1.807) is 26.0 Å². The number of aliphatic carboxylic acids is 1. The highest BCUT2D eigenvalue weighted by Crippen LogP contribution is 2.13. The minimum absolute atomic E-state index is 0.0143. The van der Waals surface area contributed by atoms with Gasteiger partial charge in [-0.3, -0.25) is 4.79 Å². The van der Waals surface area contributed by atoms with E-state index in [0.717, 1.165) is 0 Å². The summed E-state index contributed by atoms with van der Waals surface area (Å²) in [6.45, 7) is 3.21. The van der Waals surface area contributed by atoms with E-state index < -0.39 is 27.8 Å². The Morgan fingerprint density at radius 1 is 1.29 bits per heavy atom. The first-order valence-corrected chi connectivity index (χ1v) is 8.29. The third-order valence-electron chi connectivity index (χ3n) is 3.04. The predicted octanol–water partition coefficient (Wildman–Crippen LogP) is 1.00. The van der Waals surface area contributed by atoms with Gasteiger partial charge in [0, 0.05) is 0 Å². The standard InChI is InChI=1S/C14H19NO5S/c1-3-12(14(17)18)15-13(16)9-10-6-5-7-11(8-10)21(19,20)4-2/h5-8,12H,3-4,9H2,1-2H3,(H,15,16)(H,17,18). The van der Waals surface area contributed by atoms with E-state index in [1.807, 2.05) is 0 Å². The van der Waals surface area contributed by atoms with Crippen LogP contribution in [0.3, 0.4) is 0 Å². The lowest BCUT2D eigenvalue weighted by molar-refractivity contribution is -0.141. The van der Waals surface area contributed by atoms with Crippen LogP contribution in [0.15, 0.2) is 29.2 Å². The van der Waals surface area contributed by atoms with Crippen LogP contribution in [0.1, 0.15) is 25.8 Å². The first-order chi connectivity index (χ1) is 9.80. The van der Waals surface area contributed by atoms with Crippen molar-refractivity contribution in [3.05, 3.63) is 29.8 Å². The molecular weight excluding hydrogens is 294 g/mol. The third kappa shape index (κ3) is 4.86. The monoisotopic (exact) mass is 313 g/mol. The number of amides is 1. The molecule has 1 amide bonds. The molecule has 0 aliphatic rings. The highest BCUT2D eigenvalue weighted by atomic mass is 32.2. The summed E-state index contributed by atoms with van der Waals surface area (Å²) in [6, 6.07) is 5.20. The summed E-state index contributed by atoms with van der Waals surface area (Å²) < 4.78 is 23.5. The highest BCUT2D eigenvalue weighted by Gasteiger charge is 2.18. The number of carboxylic acids is 1. The van der Waals surface area contributed by atoms with E-state index in [2.05, 4.69) is 5.32 Å². The molecule has 1 rings (SSSR count). The molecule has 0 radical (unpaired) electrons. The maximum atomic E-state index is 11.8. The predicted molar refractivity (Wildman–Crippen MR) is 77.7 cm³/mol. The molecule has 1 unspecified atom stereocenters. The van der Waals surface area contributed by atoms with Crippen molar-refractivity contribution in [2.45, 2.75) is 37.6 Å². The molecule has 0 fully saturated rings. The average molecular weight is 313 g/mol. The van der Waals surface area contributed by atoms with E-state index in [9.17, 15) is 18.0 Å². The van der Waals surface area contributed by atoms with Crippen LogP contribution in [0, 0.1) is 0 Å². The Balaban J connectivity index is 2.82. The fourth-order valence-corrected chi connectivity index (χ4v) is 2.73. The summed E-state index contributed by atoms with van der Waals surface area (Å²) in [7, 11) is -3.32. The maximum Gasteiger partial charge on any atom is 0.326 e. The third-order valence-corrected chi connectivity index (χ3v) is 4.78. The number of carboxylic acid groups (broad SMARTS) is 1. The minimum Gasteiger partial charge on any atom is -0.480 e. The molecule has 1 aromatic carbocycles. The Labute approximate surface area is 124 Å². The van der Waals surface area contributed by atoms with E-state index in [4.69, 9.17) is 5.11 Å². The fourth-order valence-electron chi connectivity index (χ4n) is 1.78. The minimum atomic E-state index is -3.32. The van der Waals surface area contributed by atoms with Crippen molar-refractivity contribution in [1.29, 1.82) is 0 Å². The van der Waals surface area contributed by atoms with Crippen molar-refractivity contribution < 1.29 is 23.1 Å². The zero-order valence-corrected chi connectivity index (χ0v) is 12.8. The van der Waals surface area contributed by atoms with Gasteiger partial charge >= 0.3 is 5.97 Å². The summed E-state index contributed by atoms with van der Waals surface area (Å²) in [4.78, 5) is 22.8. The van der Waals surface area contributed by atoms with E-state index in [0.29, 0.717) is 5.56 Å². The summed E-state index contributed by atoms with van der Waals surface area (Å²) in [5, 5.41) is 11.3. The summed E-state index contributed by atoms with van der Waals surface area (Å²) in [5.74, 6) is -1.55. The van der Waals surface area contributed by atoms with Crippen LogP contribution >= 0.6 is 0 Å². The van der Waals surface area contributed by atoms with Crippen LogP contribution in [-0.4, -0.2) is 37.2 Å². The molecule has 0 aromatic heterocycles. The van der Waals surface area contributed by atoms with Gasteiger partial charge in [0.2, 0.25) is 5.91 Å². The van der Waals surface area contributed by atoms with Gasteiger partial charge in [0.1, 0.15) is 6.04 Å². The molecule has 0 saturated heterocycles. The molecule has 0 spiro atoms. The van der Waals surface area contributed by atoms with Crippen LogP contribution in [-0.2, 0) is 25.8 Å². The van der Waals surface area contributed by atoms with Gasteiger partial charge < -0.3 is 10.4 Å². The van der Waals surface area contributed by atoms with Crippen LogP contribution in [0.2, 0.25) is 0 Å². The molecule has 0 saturated carbocycles. The Kier molecular flexibility index (Phi) is 5.90. The topological polar surface area (TPSA) is 101 Å². The molecule has 116 valence electrons. The number of benzene rings is 1. The molecule has 7 heteroatoms. The van der Waals surface area contributed by atoms with E-state index in [-0.39, 0.29) is 23.5 Å². The molecule has 1 aromatic rings. The molecule has 2 N–H and O–H groups in total. The molecule has 1 atom stereocenters. The Morgan fingerprint density at radius 3 is 2.48 bits per heavy atom. The maximum absolute atomic E-state index is 11.8. The van der Waals surface area contributed by atoms with E-state index >= 15 is 0 Å². The van der Waals surface area contributed by atoms with Crippen molar-refractivity contribution in [2.24, 2.45) is 0 Å². The van der Waals surface area contributed by atoms with Crippen LogP contribution in [0.4, 0.5) is 0 Å². The van der Waals surface area contributed by atoms with Crippen LogP contribution in [0.25, 0.3) is 0 Å². The van der Waals surface area contributed by atoms with Gasteiger partial charge in [0.15, 0.2) is 9.84 Å². The van der Waals surface area contributed by atoms with Crippen molar-refractivity contribution in [1.82, 2.24) is 5.32 Å². The molecule has 0 bridgehead atoms. The highest BCUT2D eigenvalue weighted by molar-refractivity contribution is 7.91. The SMILES string of the molecule is CCC(NC(=O)Cc1cccc(S(=O)(=O)CC)c1)C(=O)O. The largest absolute Gasteiger partial charge is 0.480 e. The van der Waals surface area contributed by atoms with Crippen molar-refractivity contribution >= 4 is 21.7 Å². The molecule has 6 nitrogen and oxygen atoms in total. The second-order valence-electron chi connectivity index (χ2n) is 4.59. The second-order valence-corrected chi connectivity index (χ2v) is 6.87. The molecule has 0 heterocycles. The van der Waals surface area contributed by atoms with Gasteiger partial charge in [-0.1, -0.05) is 26.0 Å². The molecular formula is C14H19NO5S. The van der Waals surface area contributed by atoms with Gasteiger partial charge in [-0.2, -0.15) is 0 Å². The number of sulfone groups is 1. The lowest BCUT2D eigenvalue weighted by Gasteiger charge is -2.12. The van der Waals surface area contributed by atoms with Gasteiger partial charge in [0.25, 0.3) is 0 Å². The van der Waals surface area contributed by atoms with Crippen molar-refractivity contribution in [3.63, 3.8) is 0 Å². The lowest BCUT2D eigenvalue weighted by Crippen LogP contribution is -2.40. The molecule has 0 aliphatic carbocycles. The number of hydrogen-bond donors (Lipinski definition) is 2. The fraction of sp³-hybridized carbons (Fsp3) is 0.429. The smallest absolute Gasteiger partial charge is 0.326 e. The number of rotatable bonds is 7. The Morgan fingerprint density at radius 2 is 1.95 bits per heavy atom. The van der Waals surface area contributed by atoms with Gasteiger partial charge in [-0.05, 0) is 24.1 Å². The van der Waals surface area contributed by atoms with Crippen molar-refractivity contribution in [2.75, 3.05) is 5.75 Å². The van der Waals surface area contributed by atoms with Gasteiger partial charge in [0.05, 0.1) is 17.1 Å². The van der Waals surface area contributed by atoms with Gasteiger partial charge in [-0.25, -0.2) is 13.2 Å². The number of carbonyl (C=O) groups excluding carboxylic acids is 1. The number of carbonyl (C=O) groups is 2. The van der Waals surface area contributed by atoms with Crippen LogP contribution in [0.5, 0.6) is 0 Å². The second kappa shape index (κ2) is 7.21. The van der Waals surface area contributed by atoms with E-state index in [1.165, 1.54) is 12.1 Å².